The minimum atomic E-state index is -3.50. The van der Waals surface area contributed by atoms with Crippen LogP contribution in [0.5, 0.6) is 11.5 Å². The van der Waals surface area contributed by atoms with Crippen LogP contribution >= 0.6 is 11.6 Å². The average molecular weight is 642 g/mol. The maximum atomic E-state index is 13.6. The highest BCUT2D eigenvalue weighted by Gasteiger charge is 2.28. The lowest BCUT2D eigenvalue weighted by Crippen LogP contribution is -2.48. The van der Waals surface area contributed by atoms with Crippen LogP contribution < -0.4 is 14.8 Å². The van der Waals surface area contributed by atoms with Crippen LogP contribution in [0.15, 0.2) is 71.6 Å². The van der Waals surface area contributed by atoms with Gasteiger partial charge in [0, 0.05) is 37.6 Å². The van der Waals surface area contributed by atoms with Gasteiger partial charge in [0.2, 0.25) is 21.8 Å². The van der Waals surface area contributed by atoms with Crippen molar-refractivity contribution in [3.05, 3.63) is 88.4 Å². The predicted molar refractivity (Wildman–Crippen MR) is 170 cm³/mol. The summed E-state index contributed by atoms with van der Waals surface area (Å²) >= 11 is 6.06. The van der Waals surface area contributed by atoms with Crippen molar-refractivity contribution in [2.45, 2.75) is 56.5 Å². The number of hydrogen-bond donors (Lipinski definition) is 1. The Bertz CT molecular complexity index is 1520. The number of methoxy groups -OCH3 is 2. The number of carbonyl (C=O) groups is 2. The van der Waals surface area contributed by atoms with E-state index >= 15 is 0 Å². The molecule has 0 aliphatic carbocycles. The molecule has 1 saturated heterocycles. The van der Waals surface area contributed by atoms with Crippen molar-refractivity contribution in [1.82, 2.24) is 14.5 Å². The summed E-state index contributed by atoms with van der Waals surface area (Å²) in [5.74, 6) is 0.807. The monoisotopic (exact) mass is 641 g/mol. The number of ether oxygens (including phenoxy) is 2. The Hall–Kier alpha value is -3.60. The van der Waals surface area contributed by atoms with E-state index in [2.05, 4.69) is 5.32 Å². The highest BCUT2D eigenvalue weighted by atomic mass is 35.5. The normalized spacial score (nSPS) is 14.2. The van der Waals surface area contributed by atoms with E-state index in [-0.39, 0.29) is 29.7 Å². The molecule has 1 heterocycles. The average Bonchev–Trinajstić information content (AvgIpc) is 3.59. The van der Waals surface area contributed by atoms with Crippen molar-refractivity contribution in [3.63, 3.8) is 0 Å². The molecule has 0 saturated carbocycles. The first-order valence-corrected chi connectivity index (χ1v) is 16.6. The van der Waals surface area contributed by atoms with Gasteiger partial charge in [-0.25, -0.2) is 8.42 Å². The third-order valence-corrected chi connectivity index (χ3v) is 10.0. The fourth-order valence-electron chi connectivity index (χ4n) is 5.18. The Labute approximate surface area is 265 Å². The van der Waals surface area contributed by atoms with Gasteiger partial charge in [-0.3, -0.25) is 9.59 Å². The van der Waals surface area contributed by atoms with Crippen LogP contribution in [0.2, 0.25) is 5.02 Å². The topological polar surface area (TPSA) is 105 Å². The van der Waals surface area contributed by atoms with Gasteiger partial charge in [0.15, 0.2) is 11.5 Å². The number of nitrogens with one attached hydrogen (secondary N) is 1. The molecule has 0 bridgehead atoms. The summed E-state index contributed by atoms with van der Waals surface area (Å²) in [6.45, 7) is 3.44. The summed E-state index contributed by atoms with van der Waals surface area (Å²) < 4.78 is 37.9. The van der Waals surface area contributed by atoms with Crippen LogP contribution in [0.25, 0.3) is 0 Å². The standard InChI is InChI=1S/C33H40ClN3O6S/c1-24(33(39)35-19-18-26-10-16-30(42-2)31(22-26)43-3)37(23-27-6-12-28(34)13-7-27)32(38)17-11-25-8-14-29(15-9-25)44(40,41)36-20-4-5-21-36/h6-10,12-16,22,24H,4-5,11,17-21,23H2,1-3H3,(H,35,39)/t24-/m1/s1. The van der Waals surface area contributed by atoms with Crippen molar-refractivity contribution in [1.29, 1.82) is 0 Å². The van der Waals surface area contributed by atoms with Gasteiger partial charge in [-0.1, -0.05) is 41.9 Å². The van der Waals surface area contributed by atoms with Crippen LogP contribution in [0.4, 0.5) is 0 Å². The van der Waals surface area contributed by atoms with Crippen molar-refractivity contribution in [2.75, 3.05) is 33.9 Å². The molecule has 0 unspecified atom stereocenters. The first-order valence-electron chi connectivity index (χ1n) is 14.7. The number of benzene rings is 3. The second-order valence-corrected chi connectivity index (χ2v) is 13.2. The molecule has 3 aromatic carbocycles. The second kappa shape index (κ2) is 15.4. The van der Waals surface area contributed by atoms with Gasteiger partial charge >= 0.3 is 0 Å². The zero-order valence-corrected chi connectivity index (χ0v) is 27.0. The Morgan fingerprint density at radius 2 is 1.50 bits per heavy atom. The van der Waals surface area contributed by atoms with E-state index in [1.807, 2.05) is 30.3 Å². The lowest BCUT2D eigenvalue weighted by molar-refractivity contribution is -0.140. The first-order chi connectivity index (χ1) is 21.1. The van der Waals surface area contributed by atoms with E-state index in [9.17, 15) is 18.0 Å². The molecule has 0 radical (unpaired) electrons. The molecule has 44 heavy (non-hydrogen) atoms. The van der Waals surface area contributed by atoms with Gasteiger partial charge < -0.3 is 19.7 Å². The van der Waals surface area contributed by atoms with E-state index in [1.165, 1.54) is 4.31 Å². The van der Waals surface area contributed by atoms with Crippen molar-refractivity contribution < 1.29 is 27.5 Å². The molecule has 1 aliphatic heterocycles. The number of hydrogen-bond acceptors (Lipinski definition) is 6. The number of sulfonamides is 1. The number of nitrogens with zero attached hydrogens (tertiary/aromatic N) is 2. The number of halogens is 1. The highest BCUT2D eigenvalue weighted by Crippen LogP contribution is 2.27. The SMILES string of the molecule is COc1ccc(CCNC(=O)[C@@H](C)N(Cc2ccc(Cl)cc2)C(=O)CCc2ccc(S(=O)(=O)N3CCCC3)cc2)cc1OC. The minimum absolute atomic E-state index is 0.162. The molecule has 9 nitrogen and oxygen atoms in total. The fourth-order valence-corrected chi connectivity index (χ4v) is 6.83. The fraction of sp³-hybridized carbons (Fsp3) is 0.394. The van der Waals surface area contributed by atoms with Crippen molar-refractivity contribution >= 4 is 33.4 Å². The molecule has 1 N–H and O–H groups in total. The maximum absolute atomic E-state index is 13.6. The molecule has 11 heteroatoms. The zero-order chi connectivity index (χ0) is 31.7. The van der Waals surface area contributed by atoms with Gasteiger partial charge in [-0.15, -0.1) is 0 Å². The zero-order valence-electron chi connectivity index (χ0n) is 25.4. The van der Waals surface area contributed by atoms with Gasteiger partial charge in [0.05, 0.1) is 19.1 Å². The quantitative estimate of drug-likeness (QED) is 0.270. The molecular weight excluding hydrogens is 602 g/mol. The first kappa shape index (κ1) is 33.3. The number of aryl methyl sites for hydroxylation is 1. The highest BCUT2D eigenvalue weighted by molar-refractivity contribution is 7.89. The molecule has 0 spiro atoms. The Morgan fingerprint density at radius 1 is 0.886 bits per heavy atom. The van der Waals surface area contributed by atoms with Crippen LogP contribution in [-0.2, 0) is 39.0 Å². The summed E-state index contributed by atoms with van der Waals surface area (Å²) in [4.78, 5) is 28.6. The van der Waals surface area contributed by atoms with Crippen LogP contribution in [0.1, 0.15) is 42.9 Å². The van der Waals surface area contributed by atoms with Crippen LogP contribution in [0.3, 0.4) is 0 Å². The molecule has 3 aromatic rings. The maximum Gasteiger partial charge on any atom is 0.243 e. The summed E-state index contributed by atoms with van der Waals surface area (Å²) in [5, 5.41) is 3.54. The molecular formula is C33H40ClN3O6S. The van der Waals surface area contributed by atoms with Crippen LogP contribution in [0, 0.1) is 0 Å². The summed E-state index contributed by atoms with van der Waals surface area (Å²) in [5.41, 5.74) is 2.67. The largest absolute Gasteiger partial charge is 0.493 e. The van der Waals surface area contributed by atoms with E-state index in [4.69, 9.17) is 21.1 Å². The van der Waals surface area contributed by atoms with Gasteiger partial charge in [-0.2, -0.15) is 4.31 Å². The number of amides is 2. The van der Waals surface area contributed by atoms with E-state index in [0.29, 0.717) is 49.0 Å². The lowest BCUT2D eigenvalue weighted by atomic mass is 10.1. The number of carbonyl (C=O) groups excluding carboxylic acids is 2. The summed E-state index contributed by atoms with van der Waals surface area (Å²) in [6.07, 6.45) is 2.90. The lowest BCUT2D eigenvalue weighted by Gasteiger charge is -2.29. The summed E-state index contributed by atoms with van der Waals surface area (Å²) in [7, 11) is -0.345. The molecule has 4 rings (SSSR count). The van der Waals surface area contributed by atoms with E-state index < -0.39 is 16.1 Å². The van der Waals surface area contributed by atoms with Crippen LogP contribution in [-0.4, -0.2) is 69.3 Å². The van der Waals surface area contributed by atoms with Gasteiger partial charge in [-0.05, 0) is 85.7 Å². The summed E-state index contributed by atoms with van der Waals surface area (Å²) in [6, 6.07) is 18.8. The Morgan fingerprint density at radius 3 is 2.14 bits per heavy atom. The van der Waals surface area contributed by atoms with Crippen molar-refractivity contribution in [2.24, 2.45) is 0 Å². The van der Waals surface area contributed by atoms with E-state index in [0.717, 1.165) is 29.5 Å². The Kier molecular flexibility index (Phi) is 11.7. The molecule has 1 fully saturated rings. The molecule has 2 amide bonds. The third-order valence-electron chi connectivity index (χ3n) is 7.85. The van der Waals surface area contributed by atoms with Crippen molar-refractivity contribution in [3.8, 4) is 11.5 Å². The molecule has 0 aromatic heterocycles. The predicted octanol–water partition coefficient (Wildman–Crippen LogP) is 4.85. The molecule has 236 valence electrons. The Balaban J connectivity index is 1.39. The molecule has 1 atom stereocenters. The smallest absolute Gasteiger partial charge is 0.243 e. The third kappa shape index (κ3) is 8.52. The second-order valence-electron chi connectivity index (χ2n) is 10.8. The minimum Gasteiger partial charge on any atom is -0.493 e. The van der Waals surface area contributed by atoms with Gasteiger partial charge in [0.25, 0.3) is 0 Å². The molecule has 1 aliphatic rings. The van der Waals surface area contributed by atoms with Gasteiger partial charge in [0.1, 0.15) is 6.04 Å². The van der Waals surface area contributed by atoms with E-state index in [1.54, 1.807) is 62.4 Å². The number of rotatable bonds is 14.